The van der Waals surface area contributed by atoms with Crippen molar-refractivity contribution in [1.82, 2.24) is 0 Å². The van der Waals surface area contributed by atoms with E-state index in [4.69, 9.17) is 14.6 Å². The molecular weight excluding hydrogens is 343 g/mol. The number of aromatic carboxylic acids is 1. The average Bonchev–Trinajstić information content (AvgIpc) is 2.45. The molecule has 2 rings (SSSR count). The molecule has 0 saturated heterocycles. The molecular formula is C15H12BrFO4. The molecule has 0 aromatic heterocycles. The smallest absolute Gasteiger partial charge is 0.335 e. The summed E-state index contributed by atoms with van der Waals surface area (Å²) in [4.78, 5) is 10.8. The number of halogens is 2. The molecule has 1 N–H and O–H groups in total. The van der Waals surface area contributed by atoms with Crippen LogP contribution in [0.25, 0.3) is 0 Å². The molecule has 0 aliphatic rings. The van der Waals surface area contributed by atoms with Gasteiger partial charge in [-0.05, 0) is 36.4 Å². The second kappa shape index (κ2) is 7.08. The predicted molar refractivity (Wildman–Crippen MR) is 78.5 cm³/mol. The summed E-state index contributed by atoms with van der Waals surface area (Å²) in [5.41, 5.74) is -0.154. The first kappa shape index (κ1) is 15.3. The van der Waals surface area contributed by atoms with Crippen LogP contribution in [0.2, 0.25) is 0 Å². The van der Waals surface area contributed by atoms with Crippen LogP contribution < -0.4 is 9.47 Å². The third-order valence-electron chi connectivity index (χ3n) is 2.55. The van der Waals surface area contributed by atoms with E-state index in [0.29, 0.717) is 5.75 Å². The lowest BCUT2D eigenvalue weighted by Crippen LogP contribution is -2.09. The number of carboxylic acids is 1. The monoisotopic (exact) mass is 354 g/mol. The summed E-state index contributed by atoms with van der Waals surface area (Å²) in [5, 5.41) is 8.83. The van der Waals surface area contributed by atoms with E-state index in [0.717, 1.165) is 16.6 Å². The van der Waals surface area contributed by atoms with Gasteiger partial charge in [0.05, 0.1) is 5.56 Å². The second-order valence-electron chi connectivity index (χ2n) is 4.13. The summed E-state index contributed by atoms with van der Waals surface area (Å²) in [7, 11) is 0. The minimum atomic E-state index is -1.20. The van der Waals surface area contributed by atoms with Crippen LogP contribution in [0.3, 0.4) is 0 Å². The van der Waals surface area contributed by atoms with Crippen LogP contribution in [0, 0.1) is 5.82 Å². The van der Waals surface area contributed by atoms with Gasteiger partial charge in [0.1, 0.15) is 30.5 Å². The predicted octanol–water partition coefficient (Wildman–Crippen LogP) is 3.74. The SMILES string of the molecule is O=C(O)c1cc(F)cc(OCCOc2ccc(Br)cc2)c1. The highest BCUT2D eigenvalue weighted by Gasteiger charge is 2.07. The quantitative estimate of drug-likeness (QED) is 0.802. The number of carbonyl (C=O) groups is 1. The summed E-state index contributed by atoms with van der Waals surface area (Å²) < 4.78 is 24.9. The summed E-state index contributed by atoms with van der Waals surface area (Å²) in [5.74, 6) is -1.01. The molecule has 0 bridgehead atoms. The minimum Gasteiger partial charge on any atom is -0.490 e. The first-order valence-electron chi connectivity index (χ1n) is 6.09. The Bertz CT molecular complexity index is 628. The first-order chi connectivity index (χ1) is 10.0. The fourth-order valence-corrected chi connectivity index (χ4v) is 1.88. The summed E-state index contributed by atoms with van der Waals surface area (Å²) in [6.45, 7) is 0.444. The van der Waals surface area contributed by atoms with Gasteiger partial charge in [-0.15, -0.1) is 0 Å². The maximum Gasteiger partial charge on any atom is 0.335 e. The number of hydrogen-bond acceptors (Lipinski definition) is 3. The van der Waals surface area contributed by atoms with E-state index in [1.807, 2.05) is 12.1 Å². The van der Waals surface area contributed by atoms with Crippen LogP contribution in [0.5, 0.6) is 11.5 Å². The Labute approximate surface area is 129 Å². The Hall–Kier alpha value is -2.08. The molecule has 0 amide bonds. The van der Waals surface area contributed by atoms with Crippen molar-refractivity contribution in [3.63, 3.8) is 0 Å². The zero-order valence-corrected chi connectivity index (χ0v) is 12.5. The van der Waals surface area contributed by atoms with E-state index >= 15 is 0 Å². The highest BCUT2D eigenvalue weighted by Crippen LogP contribution is 2.18. The van der Waals surface area contributed by atoms with Crippen LogP contribution in [0.4, 0.5) is 4.39 Å². The maximum absolute atomic E-state index is 13.2. The van der Waals surface area contributed by atoms with Gasteiger partial charge in [-0.3, -0.25) is 0 Å². The second-order valence-corrected chi connectivity index (χ2v) is 5.05. The Morgan fingerprint density at radius 2 is 1.67 bits per heavy atom. The number of carboxylic acid groups (broad SMARTS) is 1. The van der Waals surface area contributed by atoms with Gasteiger partial charge in [0.15, 0.2) is 0 Å². The molecule has 4 nitrogen and oxygen atoms in total. The highest BCUT2D eigenvalue weighted by molar-refractivity contribution is 9.10. The van der Waals surface area contributed by atoms with Crippen molar-refractivity contribution in [2.45, 2.75) is 0 Å². The van der Waals surface area contributed by atoms with Crippen LogP contribution in [-0.2, 0) is 0 Å². The number of benzene rings is 2. The lowest BCUT2D eigenvalue weighted by Gasteiger charge is -2.09. The largest absolute Gasteiger partial charge is 0.490 e. The van der Waals surface area contributed by atoms with Crippen LogP contribution >= 0.6 is 15.9 Å². The number of ether oxygens (including phenoxy) is 2. The zero-order chi connectivity index (χ0) is 15.2. The molecule has 6 heteroatoms. The molecule has 0 aliphatic heterocycles. The van der Waals surface area contributed by atoms with Crippen LogP contribution in [0.15, 0.2) is 46.9 Å². The zero-order valence-electron chi connectivity index (χ0n) is 10.9. The van der Waals surface area contributed by atoms with Crippen molar-refractivity contribution in [1.29, 1.82) is 0 Å². The third kappa shape index (κ3) is 4.75. The van der Waals surface area contributed by atoms with Gasteiger partial charge in [-0.1, -0.05) is 15.9 Å². The standard InChI is InChI=1S/C15H12BrFO4/c16-11-1-3-13(4-2-11)20-5-6-21-14-8-10(15(18)19)7-12(17)9-14/h1-4,7-9H,5-6H2,(H,18,19). The number of hydrogen-bond donors (Lipinski definition) is 1. The van der Waals surface area contributed by atoms with E-state index in [2.05, 4.69) is 15.9 Å². The van der Waals surface area contributed by atoms with Crippen molar-refractivity contribution in [2.75, 3.05) is 13.2 Å². The Kier molecular flexibility index (Phi) is 5.16. The van der Waals surface area contributed by atoms with Crippen LogP contribution in [-0.4, -0.2) is 24.3 Å². The number of rotatable bonds is 6. The molecule has 0 unspecified atom stereocenters. The molecule has 0 atom stereocenters. The lowest BCUT2D eigenvalue weighted by atomic mass is 10.2. The van der Waals surface area contributed by atoms with Crippen molar-refractivity contribution >= 4 is 21.9 Å². The summed E-state index contributed by atoms with van der Waals surface area (Å²) in [6.07, 6.45) is 0. The fraction of sp³-hybridized carbons (Fsp3) is 0.133. The molecule has 0 radical (unpaired) electrons. The van der Waals surface area contributed by atoms with Gasteiger partial charge < -0.3 is 14.6 Å². The van der Waals surface area contributed by atoms with Crippen molar-refractivity contribution < 1.29 is 23.8 Å². The van der Waals surface area contributed by atoms with Gasteiger partial charge >= 0.3 is 5.97 Å². The minimum absolute atomic E-state index is 0.154. The van der Waals surface area contributed by atoms with Gasteiger partial charge in [-0.25, -0.2) is 9.18 Å². The average molecular weight is 355 g/mol. The molecule has 21 heavy (non-hydrogen) atoms. The first-order valence-corrected chi connectivity index (χ1v) is 6.89. The summed E-state index contributed by atoms with van der Waals surface area (Å²) in [6, 6.07) is 10.6. The Morgan fingerprint density at radius 3 is 2.29 bits per heavy atom. The topological polar surface area (TPSA) is 55.8 Å². The van der Waals surface area contributed by atoms with E-state index in [1.165, 1.54) is 6.07 Å². The Morgan fingerprint density at radius 1 is 1.05 bits per heavy atom. The van der Waals surface area contributed by atoms with Gasteiger partial charge in [0.2, 0.25) is 0 Å². The van der Waals surface area contributed by atoms with E-state index in [-0.39, 0.29) is 24.5 Å². The highest BCUT2D eigenvalue weighted by atomic mass is 79.9. The molecule has 110 valence electrons. The third-order valence-corrected chi connectivity index (χ3v) is 3.08. The molecule has 0 heterocycles. The van der Waals surface area contributed by atoms with E-state index < -0.39 is 11.8 Å². The van der Waals surface area contributed by atoms with Gasteiger partial charge in [-0.2, -0.15) is 0 Å². The maximum atomic E-state index is 13.2. The Balaban J connectivity index is 1.86. The molecule has 0 fully saturated rings. The van der Waals surface area contributed by atoms with E-state index in [1.54, 1.807) is 12.1 Å². The summed E-state index contributed by atoms with van der Waals surface area (Å²) >= 11 is 3.32. The normalized spacial score (nSPS) is 10.2. The molecule has 0 spiro atoms. The van der Waals surface area contributed by atoms with Crippen molar-refractivity contribution in [3.05, 3.63) is 58.3 Å². The van der Waals surface area contributed by atoms with Gasteiger partial charge in [0, 0.05) is 10.5 Å². The molecule has 0 aliphatic carbocycles. The van der Waals surface area contributed by atoms with Crippen molar-refractivity contribution in [3.8, 4) is 11.5 Å². The fourth-order valence-electron chi connectivity index (χ4n) is 1.62. The van der Waals surface area contributed by atoms with Crippen LogP contribution in [0.1, 0.15) is 10.4 Å². The molecule has 2 aromatic carbocycles. The lowest BCUT2D eigenvalue weighted by molar-refractivity contribution is 0.0695. The van der Waals surface area contributed by atoms with Crippen molar-refractivity contribution in [2.24, 2.45) is 0 Å². The molecule has 0 saturated carbocycles. The van der Waals surface area contributed by atoms with E-state index in [9.17, 15) is 9.18 Å². The molecule has 2 aromatic rings. The van der Waals surface area contributed by atoms with Gasteiger partial charge in [0.25, 0.3) is 0 Å².